The number of rotatable bonds is 3. The quantitative estimate of drug-likeness (QED) is 0.314. The van der Waals surface area contributed by atoms with Crippen molar-refractivity contribution in [3.8, 4) is 5.75 Å². The number of amides is 2. The third-order valence-electron chi connectivity index (χ3n) is 7.90. The summed E-state index contributed by atoms with van der Waals surface area (Å²) in [4.78, 5) is 55.0. The largest absolute Gasteiger partial charge is 0.508 e. The van der Waals surface area contributed by atoms with Crippen molar-refractivity contribution >= 4 is 50.9 Å². The van der Waals surface area contributed by atoms with Crippen LogP contribution in [0.2, 0.25) is 5.02 Å². The van der Waals surface area contributed by atoms with Crippen molar-refractivity contribution in [3.63, 3.8) is 0 Å². The number of hydrogen-bond donors (Lipinski definition) is 1. The first-order valence-corrected chi connectivity index (χ1v) is 13.2. The van der Waals surface area contributed by atoms with Crippen molar-refractivity contribution in [2.45, 2.75) is 25.3 Å². The number of nitrogens with zero attached hydrogens (tertiary/aromatic N) is 1. The Morgan fingerprint density at radius 2 is 1.76 bits per heavy atom. The van der Waals surface area contributed by atoms with Gasteiger partial charge in [0, 0.05) is 28.2 Å². The summed E-state index contributed by atoms with van der Waals surface area (Å²) in [7, 11) is 0. The molecule has 2 amide bonds. The van der Waals surface area contributed by atoms with Gasteiger partial charge in [0.15, 0.2) is 11.6 Å². The van der Waals surface area contributed by atoms with E-state index in [2.05, 4.69) is 15.9 Å². The Morgan fingerprint density at radius 1 is 1.00 bits per heavy atom. The van der Waals surface area contributed by atoms with E-state index in [0.717, 1.165) is 11.1 Å². The summed E-state index contributed by atoms with van der Waals surface area (Å²) < 4.78 is 0.172. The number of phenols is 1. The van der Waals surface area contributed by atoms with E-state index in [1.54, 1.807) is 6.07 Å². The normalized spacial score (nSPS) is 27.0. The molecule has 1 N–H and O–H groups in total. The summed E-state index contributed by atoms with van der Waals surface area (Å²) in [6.45, 7) is 0.195. The fourth-order valence-electron chi connectivity index (χ4n) is 6.30. The summed E-state index contributed by atoms with van der Waals surface area (Å²) in [5, 5.41) is 10.2. The second kappa shape index (κ2) is 8.92. The third-order valence-corrected chi connectivity index (χ3v) is 8.82. The van der Waals surface area contributed by atoms with Crippen LogP contribution in [0.15, 0.2) is 81.9 Å². The Hall–Kier alpha value is -3.29. The molecule has 37 heavy (non-hydrogen) atoms. The maximum absolute atomic E-state index is 13.8. The zero-order chi connectivity index (χ0) is 26.0. The number of phenolic OH excluding ortho intramolecular Hbond substituents is 1. The van der Waals surface area contributed by atoms with Gasteiger partial charge in [-0.2, -0.15) is 0 Å². The summed E-state index contributed by atoms with van der Waals surface area (Å²) in [5.74, 6) is -3.30. The molecule has 1 saturated heterocycles. The van der Waals surface area contributed by atoms with Gasteiger partial charge in [-0.1, -0.05) is 59.6 Å². The number of allylic oxidation sites excluding steroid dienone is 6. The summed E-state index contributed by atoms with van der Waals surface area (Å²) >= 11 is 9.78. The van der Waals surface area contributed by atoms with Crippen LogP contribution in [0.1, 0.15) is 29.9 Å². The van der Waals surface area contributed by atoms with Crippen molar-refractivity contribution in [1.82, 2.24) is 4.90 Å². The van der Waals surface area contributed by atoms with Crippen molar-refractivity contribution in [2.75, 3.05) is 0 Å². The number of fused-ring (bicyclic) bond motifs is 3. The lowest BCUT2D eigenvalue weighted by Gasteiger charge is -2.42. The summed E-state index contributed by atoms with van der Waals surface area (Å²) in [5.41, 5.74) is 2.95. The monoisotopic (exact) mass is 577 g/mol. The van der Waals surface area contributed by atoms with Gasteiger partial charge in [-0.15, -0.1) is 0 Å². The minimum atomic E-state index is -0.651. The molecule has 8 heteroatoms. The van der Waals surface area contributed by atoms with Crippen molar-refractivity contribution in [2.24, 2.45) is 17.8 Å². The smallest absolute Gasteiger partial charge is 0.234 e. The average molecular weight is 579 g/mol. The molecule has 2 aromatic carbocycles. The molecular formula is C29H21BrClNO5. The average Bonchev–Trinajstić information content (AvgIpc) is 3.12. The Bertz CT molecular complexity index is 1490. The van der Waals surface area contributed by atoms with E-state index in [0.29, 0.717) is 23.1 Å². The number of benzene rings is 2. The van der Waals surface area contributed by atoms with Crippen LogP contribution in [0.3, 0.4) is 0 Å². The number of likely N-dealkylation sites (tertiary alicyclic amines) is 1. The Balaban J connectivity index is 1.46. The van der Waals surface area contributed by atoms with Crippen LogP contribution >= 0.6 is 27.5 Å². The van der Waals surface area contributed by atoms with Crippen LogP contribution in [-0.2, 0) is 25.7 Å². The van der Waals surface area contributed by atoms with Gasteiger partial charge < -0.3 is 5.11 Å². The van der Waals surface area contributed by atoms with Crippen LogP contribution < -0.4 is 0 Å². The number of Topliss-reactive ketones (excluding diaryl/α,β-unsaturated/α-hetero) is 1. The molecule has 186 valence electrons. The molecule has 0 saturated carbocycles. The highest BCUT2D eigenvalue weighted by Crippen LogP contribution is 2.56. The van der Waals surface area contributed by atoms with Crippen molar-refractivity contribution < 1.29 is 24.3 Å². The van der Waals surface area contributed by atoms with Gasteiger partial charge in [-0.3, -0.25) is 24.1 Å². The second-order valence-electron chi connectivity index (χ2n) is 9.85. The molecule has 6 nitrogen and oxygen atoms in total. The zero-order valence-corrected chi connectivity index (χ0v) is 21.8. The zero-order valence-electron chi connectivity index (χ0n) is 19.5. The molecule has 4 atom stereocenters. The Labute approximate surface area is 226 Å². The number of carbonyl (C=O) groups is 4. The number of halogens is 2. The number of imide groups is 1. The van der Waals surface area contributed by atoms with E-state index in [9.17, 15) is 24.3 Å². The van der Waals surface area contributed by atoms with E-state index in [1.807, 2.05) is 36.4 Å². The molecule has 4 aliphatic rings. The minimum Gasteiger partial charge on any atom is -0.508 e. The SMILES string of the molecule is O=C1C=C(Br)C(=O)C2=C1[C@@H](c1ccc(O)cc1Cl)C1=CC[C@@H]3C(=O)N(Cc4ccccc4)C(=O)[C@@H]3[C@@H]1C2. The summed E-state index contributed by atoms with van der Waals surface area (Å²) in [6.07, 6.45) is 3.79. The van der Waals surface area contributed by atoms with Gasteiger partial charge in [0.2, 0.25) is 11.8 Å². The highest BCUT2D eigenvalue weighted by Gasteiger charge is 2.56. The standard InChI is InChI=1S/C29H21BrClNO5/c30-21-12-23(34)26-20(27(21)35)11-19-16(24(26)17-7-6-15(33)10-22(17)31)8-9-18-25(19)29(37)32(28(18)36)13-14-4-2-1-3-5-14/h1-8,10,12,18-19,24-25,33H,9,11,13H2/t18-,19+,24+,25-/m0/s1. The Kier molecular flexibility index (Phi) is 5.81. The van der Waals surface area contributed by atoms with Crippen molar-refractivity contribution in [3.05, 3.63) is 98.0 Å². The third kappa shape index (κ3) is 3.75. The fourth-order valence-corrected chi connectivity index (χ4v) is 7.03. The van der Waals surface area contributed by atoms with Crippen LogP contribution in [0, 0.1) is 17.8 Å². The van der Waals surface area contributed by atoms with Gasteiger partial charge in [-0.25, -0.2) is 0 Å². The molecule has 0 aromatic heterocycles. The maximum Gasteiger partial charge on any atom is 0.234 e. The van der Waals surface area contributed by atoms with Gasteiger partial charge in [0.25, 0.3) is 0 Å². The first kappa shape index (κ1) is 24.1. The summed E-state index contributed by atoms with van der Waals surface area (Å²) in [6, 6.07) is 13.9. The maximum atomic E-state index is 13.8. The molecule has 0 spiro atoms. The van der Waals surface area contributed by atoms with Gasteiger partial charge in [-0.05, 0) is 57.9 Å². The predicted octanol–water partition coefficient (Wildman–Crippen LogP) is 5.01. The fraction of sp³-hybridized carbons (Fsp3) is 0.241. The number of carbonyl (C=O) groups excluding carboxylic acids is 4. The van der Waals surface area contributed by atoms with Crippen LogP contribution in [0.25, 0.3) is 0 Å². The number of aromatic hydroxyl groups is 1. The molecule has 2 aromatic rings. The molecular weight excluding hydrogens is 558 g/mol. The van der Waals surface area contributed by atoms with Gasteiger partial charge >= 0.3 is 0 Å². The van der Waals surface area contributed by atoms with E-state index >= 15 is 0 Å². The first-order chi connectivity index (χ1) is 17.8. The predicted molar refractivity (Wildman–Crippen MR) is 140 cm³/mol. The second-order valence-corrected chi connectivity index (χ2v) is 11.1. The van der Waals surface area contributed by atoms with Crippen molar-refractivity contribution in [1.29, 1.82) is 0 Å². The lowest BCUT2D eigenvalue weighted by molar-refractivity contribution is -0.140. The molecule has 1 heterocycles. The molecule has 1 fully saturated rings. The number of hydrogen-bond acceptors (Lipinski definition) is 5. The van der Waals surface area contributed by atoms with E-state index in [-0.39, 0.29) is 51.6 Å². The minimum absolute atomic E-state index is 0.0187. The van der Waals surface area contributed by atoms with Crippen LogP contribution in [0.5, 0.6) is 5.75 Å². The molecule has 6 rings (SSSR count). The van der Waals surface area contributed by atoms with E-state index in [4.69, 9.17) is 11.6 Å². The van der Waals surface area contributed by atoms with Crippen LogP contribution in [-0.4, -0.2) is 33.4 Å². The molecule has 0 unspecified atom stereocenters. The van der Waals surface area contributed by atoms with Gasteiger partial charge in [0.1, 0.15) is 5.75 Å². The lowest BCUT2D eigenvalue weighted by Crippen LogP contribution is -2.39. The van der Waals surface area contributed by atoms with E-state index in [1.165, 1.54) is 23.1 Å². The number of ketones is 2. The molecule has 1 aliphatic heterocycles. The van der Waals surface area contributed by atoms with E-state index < -0.39 is 23.7 Å². The molecule has 0 radical (unpaired) electrons. The highest BCUT2D eigenvalue weighted by atomic mass is 79.9. The highest BCUT2D eigenvalue weighted by molar-refractivity contribution is 9.12. The molecule has 0 bridgehead atoms. The topological polar surface area (TPSA) is 91.8 Å². The van der Waals surface area contributed by atoms with Gasteiger partial charge in [0.05, 0.1) is 22.9 Å². The molecule has 3 aliphatic carbocycles. The van der Waals surface area contributed by atoms with Crippen LogP contribution in [0.4, 0.5) is 0 Å². The lowest BCUT2D eigenvalue weighted by atomic mass is 9.59. The Morgan fingerprint density at radius 3 is 2.49 bits per heavy atom. The first-order valence-electron chi connectivity index (χ1n) is 12.0.